The fraction of sp³-hybridized carbons (Fsp3) is 0.0909. The van der Waals surface area contributed by atoms with Crippen molar-refractivity contribution in [1.82, 2.24) is 0 Å². The van der Waals surface area contributed by atoms with E-state index in [0.717, 1.165) is 23.8 Å². The molecule has 24 heavy (non-hydrogen) atoms. The molecule has 2 heterocycles. The molecule has 0 bridgehead atoms. The molecule has 2 nitrogen and oxygen atoms in total. The summed E-state index contributed by atoms with van der Waals surface area (Å²) in [4.78, 5) is 9.33. The second kappa shape index (κ2) is 4.30. The Morgan fingerprint density at radius 2 is 1.04 bits per heavy atom. The van der Waals surface area contributed by atoms with Crippen LogP contribution in [0.2, 0.25) is 0 Å². The van der Waals surface area contributed by atoms with Gasteiger partial charge in [0.1, 0.15) is 0 Å². The van der Waals surface area contributed by atoms with Gasteiger partial charge in [0.05, 0.1) is 23.8 Å². The van der Waals surface area contributed by atoms with E-state index < -0.39 is 0 Å². The van der Waals surface area contributed by atoms with Crippen LogP contribution in [0.15, 0.2) is 70.6 Å². The third-order valence-electron chi connectivity index (χ3n) is 5.34. The molecule has 0 spiro atoms. The maximum Gasteiger partial charge on any atom is 0.0660 e. The lowest BCUT2D eigenvalue weighted by Gasteiger charge is -2.04. The van der Waals surface area contributed by atoms with E-state index in [1.807, 2.05) is 0 Å². The second-order valence-corrected chi connectivity index (χ2v) is 6.58. The SMILES string of the molecule is c1cc2c3c(cc/c(=c4\ccc5c6c(cccc46)CN=5)c3c1)=NC2. The zero-order valence-electron chi connectivity index (χ0n) is 13.1. The minimum Gasteiger partial charge on any atom is -0.280 e. The lowest BCUT2D eigenvalue weighted by atomic mass is 9.99. The molecule has 0 aliphatic carbocycles. The van der Waals surface area contributed by atoms with Crippen molar-refractivity contribution >= 4 is 21.5 Å². The van der Waals surface area contributed by atoms with Crippen LogP contribution < -0.4 is 10.7 Å². The van der Waals surface area contributed by atoms with E-state index in [1.54, 1.807) is 0 Å². The minimum absolute atomic E-state index is 0.804. The quantitative estimate of drug-likeness (QED) is 0.475. The Morgan fingerprint density at radius 1 is 0.542 bits per heavy atom. The fourth-order valence-corrected chi connectivity index (χ4v) is 4.26. The van der Waals surface area contributed by atoms with E-state index in [-0.39, 0.29) is 0 Å². The first kappa shape index (κ1) is 12.4. The Hall–Kier alpha value is -3.00. The highest BCUT2D eigenvalue weighted by atomic mass is 14.7. The second-order valence-electron chi connectivity index (χ2n) is 6.58. The molecule has 0 unspecified atom stereocenters. The van der Waals surface area contributed by atoms with Gasteiger partial charge in [-0.15, -0.1) is 0 Å². The minimum atomic E-state index is 0.804. The molecule has 2 aliphatic rings. The van der Waals surface area contributed by atoms with Crippen LogP contribution in [0, 0.1) is 10.4 Å². The summed E-state index contributed by atoms with van der Waals surface area (Å²) in [6, 6.07) is 21.9. The number of benzene rings is 4. The van der Waals surface area contributed by atoms with Crippen molar-refractivity contribution in [1.29, 1.82) is 0 Å². The lowest BCUT2D eigenvalue weighted by molar-refractivity contribution is 1.07. The Bertz CT molecular complexity index is 1290. The molecule has 0 radical (unpaired) electrons. The fourth-order valence-electron chi connectivity index (χ4n) is 4.26. The van der Waals surface area contributed by atoms with Crippen LogP contribution in [0.5, 0.6) is 0 Å². The molecule has 0 N–H and O–H groups in total. The third kappa shape index (κ3) is 1.46. The monoisotopic (exact) mass is 306 g/mol. The average molecular weight is 306 g/mol. The van der Waals surface area contributed by atoms with Gasteiger partial charge in [-0.1, -0.05) is 48.5 Å². The van der Waals surface area contributed by atoms with E-state index in [9.17, 15) is 0 Å². The maximum atomic E-state index is 4.66. The molecule has 0 aromatic heterocycles. The van der Waals surface area contributed by atoms with Crippen LogP contribution in [0.25, 0.3) is 21.5 Å². The van der Waals surface area contributed by atoms with E-state index in [0.29, 0.717) is 0 Å². The predicted molar refractivity (Wildman–Crippen MR) is 95.3 cm³/mol. The molecule has 2 heteroatoms. The van der Waals surface area contributed by atoms with Gasteiger partial charge in [-0.3, -0.25) is 9.98 Å². The highest BCUT2D eigenvalue weighted by Gasteiger charge is 2.12. The molecule has 112 valence electrons. The first-order valence-electron chi connectivity index (χ1n) is 8.35. The van der Waals surface area contributed by atoms with Crippen LogP contribution in [-0.2, 0) is 13.1 Å². The van der Waals surface area contributed by atoms with Gasteiger partial charge < -0.3 is 0 Å². The lowest BCUT2D eigenvalue weighted by Crippen LogP contribution is -2.01. The average Bonchev–Trinajstić information content (AvgIpc) is 3.24. The molecule has 6 rings (SSSR count). The van der Waals surface area contributed by atoms with Crippen LogP contribution in [0.4, 0.5) is 0 Å². The number of hydrogen-bond donors (Lipinski definition) is 0. The molecule has 4 aromatic carbocycles. The molecule has 2 aliphatic heterocycles. The van der Waals surface area contributed by atoms with Gasteiger partial charge in [0.15, 0.2) is 0 Å². The van der Waals surface area contributed by atoms with Crippen molar-refractivity contribution in [2.75, 3.05) is 0 Å². The van der Waals surface area contributed by atoms with Gasteiger partial charge in [-0.05, 0) is 44.5 Å². The van der Waals surface area contributed by atoms with E-state index >= 15 is 0 Å². The smallest absolute Gasteiger partial charge is 0.0660 e. The normalized spacial score (nSPS) is 15.7. The highest BCUT2D eigenvalue weighted by Crippen LogP contribution is 2.25. The molecule has 0 atom stereocenters. The molecule has 0 saturated heterocycles. The van der Waals surface area contributed by atoms with E-state index in [1.165, 1.54) is 43.1 Å². The molecule has 0 saturated carbocycles. The summed E-state index contributed by atoms with van der Waals surface area (Å²) in [5.41, 5.74) is 2.68. The van der Waals surface area contributed by atoms with Crippen LogP contribution >= 0.6 is 0 Å². The summed E-state index contributed by atoms with van der Waals surface area (Å²) in [5, 5.41) is 10.1. The Kier molecular flexibility index (Phi) is 2.22. The zero-order valence-corrected chi connectivity index (χ0v) is 13.1. The van der Waals surface area contributed by atoms with Gasteiger partial charge in [-0.2, -0.15) is 0 Å². The van der Waals surface area contributed by atoms with Crippen molar-refractivity contribution < 1.29 is 0 Å². The Labute approximate surface area is 138 Å². The molecular formula is C22H14N2. The maximum absolute atomic E-state index is 4.66. The van der Waals surface area contributed by atoms with Crippen LogP contribution in [-0.4, -0.2) is 0 Å². The zero-order chi connectivity index (χ0) is 15.7. The van der Waals surface area contributed by atoms with Crippen molar-refractivity contribution in [3.05, 3.63) is 92.9 Å². The number of rotatable bonds is 0. The van der Waals surface area contributed by atoms with E-state index in [4.69, 9.17) is 0 Å². The van der Waals surface area contributed by atoms with Gasteiger partial charge >= 0.3 is 0 Å². The van der Waals surface area contributed by atoms with E-state index in [2.05, 4.69) is 70.6 Å². The van der Waals surface area contributed by atoms with Crippen molar-refractivity contribution in [3.8, 4) is 0 Å². The topological polar surface area (TPSA) is 24.7 Å². The number of hydrogen-bond acceptors (Lipinski definition) is 2. The first-order valence-corrected chi connectivity index (χ1v) is 8.35. The predicted octanol–water partition coefficient (Wildman–Crippen LogP) is 3.55. The summed E-state index contributed by atoms with van der Waals surface area (Å²) in [6.07, 6.45) is 0. The summed E-state index contributed by atoms with van der Waals surface area (Å²) < 4.78 is 0. The van der Waals surface area contributed by atoms with Gasteiger partial charge in [0, 0.05) is 10.8 Å². The van der Waals surface area contributed by atoms with Crippen LogP contribution in [0.1, 0.15) is 11.1 Å². The van der Waals surface area contributed by atoms with Crippen molar-refractivity contribution in [3.63, 3.8) is 0 Å². The molecular weight excluding hydrogens is 292 g/mol. The summed E-state index contributed by atoms with van der Waals surface area (Å²) in [5.74, 6) is 0. The van der Waals surface area contributed by atoms with Gasteiger partial charge in [0.25, 0.3) is 0 Å². The summed E-state index contributed by atoms with van der Waals surface area (Å²) in [6.45, 7) is 1.61. The van der Waals surface area contributed by atoms with Gasteiger partial charge in [0.2, 0.25) is 0 Å². The highest BCUT2D eigenvalue weighted by molar-refractivity contribution is 5.90. The molecule has 0 fully saturated rings. The largest absolute Gasteiger partial charge is 0.280 e. The first-order chi connectivity index (χ1) is 11.9. The molecule has 4 aromatic rings. The van der Waals surface area contributed by atoms with Crippen molar-refractivity contribution in [2.24, 2.45) is 9.98 Å². The summed E-state index contributed by atoms with van der Waals surface area (Å²) >= 11 is 0. The van der Waals surface area contributed by atoms with Gasteiger partial charge in [-0.25, -0.2) is 0 Å². The molecule has 0 amide bonds. The summed E-state index contributed by atoms with van der Waals surface area (Å²) in [7, 11) is 0. The number of nitrogens with zero attached hydrogens (tertiary/aromatic N) is 2. The van der Waals surface area contributed by atoms with Crippen LogP contribution in [0.3, 0.4) is 0 Å². The van der Waals surface area contributed by atoms with Crippen molar-refractivity contribution in [2.45, 2.75) is 13.1 Å². The standard InChI is InChI=1S/C22H14N2/c1-3-13-11-23-19-9-7-15(17(5-1)21(13)19)16-8-10-20-22-14(12-24-20)4-2-6-18(16)22/h1-10H,11-12H2/b16-15-. The Morgan fingerprint density at radius 3 is 1.54 bits per heavy atom. The Balaban J connectivity index is 1.98. The third-order valence-corrected chi connectivity index (χ3v) is 5.34.